The van der Waals surface area contributed by atoms with Gasteiger partial charge in [-0.25, -0.2) is 0 Å². The highest BCUT2D eigenvalue weighted by Gasteiger charge is 2.41. The fourth-order valence-electron chi connectivity index (χ4n) is 3.27. The number of benzene rings is 1. The van der Waals surface area contributed by atoms with E-state index < -0.39 is 0 Å². The summed E-state index contributed by atoms with van der Waals surface area (Å²) in [7, 11) is 0. The molecule has 0 bridgehead atoms. The van der Waals surface area contributed by atoms with Crippen LogP contribution in [-0.2, 0) is 14.3 Å². The van der Waals surface area contributed by atoms with Gasteiger partial charge in [-0.1, -0.05) is 23.8 Å². The van der Waals surface area contributed by atoms with Crippen LogP contribution in [0.5, 0.6) is 0 Å². The van der Waals surface area contributed by atoms with Crippen molar-refractivity contribution in [3.05, 3.63) is 40.6 Å². The molecule has 0 aliphatic carbocycles. The van der Waals surface area contributed by atoms with E-state index in [4.69, 9.17) is 4.74 Å². The normalized spacial score (nSPS) is 19.1. The third-order valence-electron chi connectivity index (χ3n) is 4.44. The molecule has 0 radical (unpaired) electrons. The SMILES string of the molecule is CCN1C(=O)C(c2ccc(C)cc2C)=C(N2CCOCC2)C1=O. The van der Waals surface area contributed by atoms with E-state index in [1.807, 2.05) is 43.9 Å². The number of imide groups is 1. The second-order valence-electron chi connectivity index (χ2n) is 6.00. The first-order valence-corrected chi connectivity index (χ1v) is 8.05. The number of hydrogen-bond acceptors (Lipinski definition) is 4. The topological polar surface area (TPSA) is 49.9 Å². The summed E-state index contributed by atoms with van der Waals surface area (Å²) in [6.45, 7) is 8.67. The summed E-state index contributed by atoms with van der Waals surface area (Å²) in [4.78, 5) is 28.9. The van der Waals surface area contributed by atoms with Crippen molar-refractivity contribution < 1.29 is 14.3 Å². The van der Waals surface area contributed by atoms with Crippen LogP contribution in [0.2, 0.25) is 0 Å². The Bertz CT molecular complexity index is 688. The molecule has 2 aliphatic rings. The van der Waals surface area contributed by atoms with Gasteiger partial charge in [-0.2, -0.15) is 0 Å². The van der Waals surface area contributed by atoms with Crippen LogP contribution in [0, 0.1) is 13.8 Å². The highest BCUT2D eigenvalue weighted by Crippen LogP contribution is 2.33. The van der Waals surface area contributed by atoms with Crippen molar-refractivity contribution in [2.24, 2.45) is 0 Å². The van der Waals surface area contributed by atoms with E-state index in [0.29, 0.717) is 44.1 Å². The predicted octanol–water partition coefficient (Wildman–Crippen LogP) is 1.74. The highest BCUT2D eigenvalue weighted by molar-refractivity contribution is 6.35. The van der Waals surface area contributed by atoms with Crippen LogP contribution in [0.3, 0.4) is 0 Å². The van der Waals surface area contributed by atoms with Gasteiger partial charge in [0.05, 0.1) is 18.8 Å². The van der Waals surface area contributed by atoms with Gasteiger partial charge in [0, 0.05) is 19.6 Å². The number of nitrogens with zero attached hydrogens (tertiary/aromatic N) is 2. The minimum atomic E-state index is -0.189. The summed E-state index contributed by atoms with van der Waals surface area (Å²) in [6.07, 6.45) is 0. The molecule has 2 amide bonds. The lowest BCUT2D eigenvalue weighted by Crippen LogP contribution is -2.40. The number of likely N-dealkylation sites (N-methyl/N-ethyl adjacent to an activating group) is 1. The van der Waals surface area contributed by atoms with Crippen LogP contribution >= 0.6 is 0 Å². The zero-order valence-electron chi connectivity index (χ0n) is 13.9. The molecule has 1 fully saturated rings. The van der Waals surface area contributed by atoms with Crippen molar-refractivity contribution in [2.75, 3.05) is 32.8 Å². The summed E-state index contributed by atoms with van der Waals surface area (Å²) < 4.78 is 5.38. The van der Waals surface area contributed by atoms with E-state index in [9.17, 15) is 9.59 Å². The summed E-state index contributed by atoms with van der Waals surface area (Å²) in [6, 6.07) is 5.98. The molecule has 5 heteroatoms. The van der Waals surface area contributed by atoms with E-state index in [1.165, 1.54) is 4.90 Å². The molecule has 1 aromatic rings. The Balaban J connectivity index is 2.14. The van der Waals surface area contributed by atoms with Gasteiger partial charge in [0.1, 0.15) is 5.70 Å². The number of morpholine rings is 1. The largest absolute Gasteiger partial charge is 0.378 e. The summed E-state index contributed by atoms with van der Waals surface area (Å²) in [5.41, 5.74) is 4.09. The standard InChI is InChI=1S/C18H22N2O3/c1-4-20-17(21)15(14-6-5-12(2)11-13(14)3)16(18(20)22)19-7-9-23-10-8-19/h5-6,11H,4,7-10H2,1-3H3. The second-order valence-corrected chi connectivity index (χ2v) is 6.00. The maximum absolute atomic E-state index is 12.8. The molecule has 0 atom stereocenters. The fraction of sp³-hybridized carbons (Fsp3) is 0.444. The number of aryl methyl sites for hydroxylation is 2. The number of amides is 2. The Morgan fingerprint density at radius 1 is 1.09 bits per heavy atom. The Labute approximate surface area is 136 Å². The Morgan fingerprint density at radius 3 is 2.39 bits per heavy atom. The van der Waals surface area contributed by atoms with E-state index in [0.717, 1.165) is 16.7 Å². The first-order chi connectivity index (χ1) is 11.0. The van der Waals surface area contributed by atoms with Gasteiger partial charge in [0.15, 0.2) is 0 Å². The second kappa shape index (κ2) is 6.16. The maximum Gasteiger partial charge on any atom is 0.277 e. The Hall–Kier alpha value is -2.14. The molecule has 0 spiro atoms. The van der Waals surface area contributed by atoms with Crippen LogP contribution in [0.4, 0.5) is 0 Å². The quantitative estimate of drug-likeness (QED) is 0.798. The first-order valence-electron chi connectivity index (χ1n) is 8.05. The molecule has 0 N–H and O–H groups in total. The molecular weight excluding hydrogens is 292 g/mol. The van der Waals surface area contributed by atoms with Crippen molar-refractivity contribution in [2.45, 2.75) is 20.8 Å². The average molecular weight is 314 g/mol. The van der Waals surface area contributed by atoms with Crippen molar-refractivity contribution in [3.63, 3.8) is 0 Å². The molecule has 3 rings (SSSR count). The number of rotatable bonds is 3. The lowest BCUT2D eigenvalue weighted by molar-refractivity contribution is -0.137. The van der Waals surface area contributed by atoms with Crippen LogP contribution in [0.15, 0.2) is 23.9 Å². The molecule has 122 valence electrons. The van der Waals surface area contributed by atoms with Gasteiger partial charge < -0.3 is 9.64 Å². The van der Waals surface area contributed by atoms with Gasteiger partial charge in [-0.15, -0.1) is 0 Å². The molecule has 2 aliphatic heterocycles. The fourth-order valence-corrected chi connectivity index (χ4v) is 3.27. The minimum Gasteiger partial charge on any atom is -0.378 e. The van der Waals surface area contributed by atoms with Crippen molar-refractivity contribution >= 4 is 17.4 Å². The molecular formula is C18H22N2O3. The molecule has 5 nitrogen and oxygen atoms in total. The van der Waals surface area contributed by atoms with E-state index in [1.54, 1.807) is 0 Å². The predicted molar refractivity (Wildman–Crippen MR) is 87.6 cm³/mol. The molecule has 2 heterocycles. The van der Waals surface area contributed by atoms with Crippen molar-refractivity contribution in [1.82, 2.24) is 9.80 Å². The average Bonchev–Trinajstić information content (AvgIpc) is 2.79. The minimum absolute atomic E-state index is 0.186. The van der Waals surface area contributed by atoms with Crippen LogP contribution < -0.4 is 0 Å². The van der Waals surface area contributed by atoms with Gasteiger partial charge in [-0.05, 0) is 31.9 Å². The molecule has 0 unspecified atom stereocenters. The monoisotopic (exact) mass is 314 g/mol. The van der Waals surface area contributed by atoms with E-state index in [-0.39, 0.29) is 11.8 Å². The van der Waals surface area contributed by atoms with Crippen molar-refractivity contribution in [3.8, 4) is 0 Å². The molecule has 0 aromatic heterocycles. The third-order valence-corrected chi connectivity index (χ3v) is 4.44. The number of carbonyl (C=O) groups is 2. The van der Waals surface area contributed by atoms with Crippen LogP contribution in [0.25, 0.3) is 5.57 Å². The summed E-state index contributed by atoms with van der Waals surface area (Å²) in [5, 5.41) is 0. The third kappa shape index (κ3) is 2.65. The molecule has 23 heavy (non-hydrogen) atoms. The molecule has 1 saturated heterocycles. The lowest BCUT2D eigenvalue weighted by Gasteiger charge is -2.29. The maximum atomic E-state index is 12.8. The van der Waals surface area contributed by atoms with Gasteiger partial charge >= 0.3 is 0 Å². The molecule has 1 aromatic carbocycles. The summed E-state index contributed by atoms with van der Waals surface area (Å²) in [5.74, 6) is -0.375. The van der Waals surface area contributed by atoms with Gasteiger partial charge in [0.25, 0.3) is 11.8 Å². The van der Waals surface area contributed by atoms with Crippen molar-refractivity contribution in [1.29, 1.82) is 0 Å². The van der Waals surface area contributed by atoms with E-state index in [2.05, 4.69) is 0 Å². The summed E-state index contributed by atoms with van der Waals surface area (Å²) >= 11 is 0. The zero-order chi connectivity index (χ0) is 16.6. The Morgan fingerprint density at radius 2 is 1.78 bits per heavy atom. The Kier molecular flexibility index (Phi) is 4.22. The van der Waals surface area contributed by atoms with Gasteiger partial charge in [0.2, 0.25) is 0 Å². The van der Waals surface area contributed by atoms with Gasteiger partial charge in [-0.3, -0.25) is 14.5 Å². The van der Waals surface area contributed by atoms with E-state index >= 15 is 0 Å². The van der Waals surface area contributed by atoms with Crippen LogP contribution in [-0.4, -0.2) is 54.5 Å². The zero-order valence-corrected chi connectivity index (χ0v) is 13.9. The smallest absolute Gasteiger partial charge is 0.277 e. The number of carbonyl (C=O) groups excluding carboxylic acids is 2. The molecule has 0 saturated carbocycles. The first kappa shape index (κ1) is 15.7. The number of hydrogen-bond donors (Lipinski definition) is 0. The highest BCUT2D eigenvalue weighted by atomic mass is 16.5. The lowest BCUT2D eigenvalue weighted by atomic mass is 9.97. The van der Waals surface area contributed by atoms with Crippen LogP contribution in [0.1, 0.15) is 23.6 Å². The number of ether oxygens (including phenoxy) is 1.